The van der Waals surface area contributed by atoms with Crippen LogP contribution in [0.25, 0.3) is 21.8 Å². The average molecular weight is 1760 g/mol. The first-order chi connectivity index (χ1) is 59.6. The first-order valence-electron chi connectivity index (χ1n) is 42.1. The van der Waals surface area contributed by atoms with Gasteiger partial charge in [-0.25, -0.2) is 0 Å². The first kappa shape index (κ1) is 98.8. The Hall–Kier alpha value is -11.6. The number of nitrogens with zero attached hydrogens (tertiary/aromatic N) is 5. The summed E-state index contributed by atoms with van der Waals surface area (Å²) in [6, 6.07) is -0.860. The van der Waals surface area contributed by atoms with E-state index < -0.39 is 242 Å². The van der Waals surface area contributed by atoms with Crippen molar-refractivity contribution in [2.75, 3.05) is 78.7 Å². The Kier molecular flexibility index (Phi) is 37.1. The second kappa shape index (κ2) is 46.9. The number of aliphatic hydroxyl groups is 5. The van der Waals surface area contributed by atoms with Crippen LogP contribution in [-0.4, -0.2) is 323 Å². The molecule has 0 aliphatic carbocycles. The Morgan fingerprint density at radius 2 is 1.05 bits per heavy atom. The van der Waals surface area contributed by atoms with Gasteiger partial charge >= 0.3 is 0 Å². The number of hydrogen-bond acceptors (Lipinski definition) is 23. The van der Waals surface area contributed by atoms with Gasteiger partial charge in [0.15, 0.2) is 5.78 Å². The van der Waals surface area contributed by atoms with Crippen LogP contribution in [0.2, 0.25) is 0 Å². The van der Waals surface area contributed by atoms with Crippen LogP contribution < -0.4 is 53.6 Å². The van der Waals surface area contributed by atoms with Gasteiger partial charge in [0, 0.05) is 106 Å². The van der Waals surface area contributed by atoms with E-state index in [-0.39, 0.29) is 76.0 Å². The number of nitrogens with two attached hydrogens (primary N) is 1. The Morgan fingerprint density at radius 1 is 0.544 bits per heavy atom. The largest absolute Gasteiger partial charge is 0.508 e. The summed E-state index contributed by atoms with van der Waals surface area (Å²) in [5.41, 5.74) is 8.11. The Bertz CT molecular complexity index is 4660. The lowest BCUT2D eigenvalue weighted by Crippen LogP contribution is -2.61. The van der Waals surface area contributed by atoms with Crippen LogP contribution in [0.1, 0.15) is 122 Å². The van der Waals surface area contributed by atoms with E-state index in [0.29, 0.717) is 64.2 Å². The molecule has 39 nitrogen and oxygen atoms in total. The fraction of sp³-hybridized carbons (Fsp3) is 0.553. The number of aromatic amines is 2. The van der Waals surface area contributed by atoms with Gasteiger partial charge in [-0.05, 0) is 92.3 Å². The van der Waals surface area contributed by atoms with Crippen molar-refractivity contribution in [3.05, 3.63) is 102 Å². The van der Waals surface area contributed by atoms with Gasteiger partial charge in [-0.15, -0.1) is 11.8 Å². The number of hydrogen-bond donors (Lipinski definition) is 18. The minimum Gasteiger partial charge on any atom is -0.508 e. The van der Waals surface area contributed by atoms with Gasteiger partial charge in [-0.2, -0.15) is 0 Å². The van der Waals surface area contributed by atoms with E-state index >= 15 is 28.8 Å². The van der Waals surface area contributed by atoms with Crippen LogP contribution in [0, 0.1) is 11.8 Å². The molecule has 125 heavy (non-hydrogen) atoms. The molecule has 3 aliphatic rings. The number of likely N-dealkylation sites (N-methyl/N-ethyl adjacent to an activating group) is 3. The second-order valence-electron chi connectivity index (χ2n) is 32.4. The molecule has 5 heterocycles. The van der Waals surface area contributed by atoms with Crippen molar-refractivity contribution in [1.82, 2.24) is 82.3 Å². The van der Waals surface area contributed by atoms with Crippen molar-refractivity contribution in [2.24, 2.45) is 17.6 Å². The fourth-order valence-corrected chi connectivity index (χ4v) is 16.5. The maximum Gasteiger partial charge on any atom is 0.248 e. The number of aliphatic hydroxyl groups excluding tert-OH is 5. The number of aromatic hydroxyl groups is 1. The Labute approximate surface area is 727 Å². The minimum absolute atomic E-state index is 0.0104. The Balaban J connectivity index is 1.15. The van der Waals surface area contributed by atoms with E-state index in [4.69, 9.17) is 5.73 Å². The number of phenolic OH excluding ortho intramolecular Hbond substituents is 1. The number of benzene rings is 3. The van der Waals surface area contributed by atoms with Crippen LogP contribution in [0.5, 0.6) is 5.75 Å². The van der Waals surface area contributed by atoms with Gasteiger partial charge in [0.25, 0.3) is 0 Å². The quantitative estimate of drug-likeness (QED) is 0.0349. The maximum atomic E-state index is 15.6. The standard InChI is InChI=1S/C85H119N17O22S/c1-9-11-22-66-79(118)94-63(42-105)78(117)97-65(75(114)89-38-71(86)110)44-125-45-72(111)90-59(31-48-25-27-52(107)28-26-48)81(120)98(6)47(5)73(112)96-64(43-106)84(123)101-29-17-24-67(101)80(119)95-62(41-104)77(116)91-58(30-46(3)4)83(122)102-39-53(108)35-69(102)70(109)34-49(32-50-36-87-56-20-15-13-18-54(50)56)74(113)93-61(40-103)76(115)92-60(33-51-37-88-57-21-16-14-19-55(51)57)82(121)100(8)68(23-12-10-2)85(124)99(66)7/h13-16,18-21,25-28,36-37,46-47,49,53,58-69,87-88,103-108H,9-12,17,22-24,29-35,38-45H2,1-8H3,(H2,86,110)(H,89,114)(H,90,111)(H,91,116)(H,92,115)(H,93,113)(H,94,118)(H,95,119)(H,96,112)(H,97,117)/t47-,49+,53+,58-,59-,60-,61-,62-,63-,64-,65-,66-,67-,68-,69-/m0/s1. The lowest BCUT2D eigenvalue weighted by atomic mass is 9.90. The summed E-state index contributed by atoms with van der Waals surface area (Å²) in [7, 11) is 3.85. The number of H-pyrrole nitrogens is 2. The molecule has 15 atom stereocenters. The average Bonchev–Trinajstić information content (AvgIpc) is 1.72. The number of thioether (sulfide) groups is 1. The molecule has 0 radical (unpaired) electrons. The lowest BCUT2D eigenvalue weighted by molar-refractivity contribution is -0.149. The molecule has 0 bridgehead atoms. The number of phenols is 1. The number of nitrogens with one attached hydrogen (secondary N) is 11. The highest BCUT2D eigenvalue weighted by Gasteiger charge is 2.46. The highest BCUT2D eigenvalue weighted by Crippen LogP contribution is 2.30. The van der Waals surface area contributed by atoms with Gasteiger partial charge in [-0.1, -0.05) is 102 Å². The summed E-state index contributed by atoms with van der Waals surface area (Å²) >= 11 is 0.735. The summed E-state index contributed by atoms with van der Waals surface area (Å²) in [5, 5.41) is 88.8. The molecule has 5 aromatic rings. The third-order valence-corrected chi connectivity index (χ3v) is 23.8. The number of Topliss-reactive ketones (excluding diaryl/α,β-unsaturated/α-hetero) is 1. The number of aromatic nitrogens is 2. The molecular weight excluding hydrogens is 1640 g/mol. The van der Waals surface area contributed by atoms with Gasteiger partial charge in [0.05, 0.1) is 50.9 Å². The summed E-state index contributed by atoms with van der Waals surface area (Å²) in [4.78, 5) is 244. The van der Waals surface area contributed by atoms with E-state index in [2.05, 4.69) is 57.8 Å². The molecular formula is C85H119N17O22S. The van der Waals surface area contributed by atoms with Gasteiger partial charge in [-0.3, -0.25) is 76.7 Å². The van der Waals surface area contributed by atoms with Gasteiger partial charge < -0.3 is 119 Å². The third-order valence-electron chi connectivity index (χ3n) is 22.8. The van der Waals surface area contributed by atoms with Gasteiger partial charge in [0.2, 0.25) is 88.6 Å². The number of carbonyl (C=O) groups is 16. The van der Waals surface area contributed by atoms with E-state index in [1.165, 1.54) is 52.3 Å². The number of amides is 15. The molecule has 8 rings (SSSR count). The van der Waals surface area contributed by atoms with E-state index in [0.717, 1.165) is 36.3 Å². The molecule has 40 heteroatoms. The van der Waals surface area contributed by atoms with E-state index in [1.807, 2.05) is 13.8 Å². The molecule has 3 aromatic carbocycles. The molecule has 2 aromatic heterocycles. The van der Waals surface area contributed by atoms with Crippen molar-refractivity contribution < 1.29 is 107 Å². The highest BCUT2D eigenvalue weighted by atomic mass is 32.2. The number of unbranched alkanes of at least 4 members (excludes halogenated alkanes) is 2. The second-order valence-corrected chi connectivity index (χ2v) is 33.4. The van der Waals surface area contributed by atoms with Crippen molar-refractivity contribution in [1.29, 1.82) is 0 Å². The predicted octanol–water partition coefficient (Wildman–Crippen LogP) is -2.97. The van der Waals surface area contributed by atoms with Gasteiger partial charge in [0.1, 0.15) is 78.3 Å². The van der Waals surface area contributed by atoms with Crippen molar-refractivity contribution in [3.8, 4) is 5.75 Å². The summed E-state index contributed by atoms with van der Waals surface area (Å²) < 4.78 is 0. The van der Waals surface area contributed by atoms with Crippen LogP contribution in [-0.2, 0) is 96.0 Å². The molecule has 3 aliphatic heterocycles. The van der Waals surface area contributed by atoms with Crippen LogP contribution >= 0.6 is 11.8 Å². The third kappa shape index (κ3) is 26.5. The summed E-state index contributed by atoms with van der Waals surface area (Å²) in [5.74, 6) is -18.1. The van der Waals surface area contributed by atoms with Crippen molar-refractivity contribution in [2.45, 2.75) is 209 Å². The topological polar surface area (TPSA) is 577 Å². The predicted molar refractivity (Wildman–Crippen MR) is 457 cm³/mol. The monoisotopic (exact) mass is 1760 g/mol. The van der Waals surface area contributed by atoms with Crippen molar-refractivity contribution >= 4 is 128 Å². The fourth-order valence-electron chi connectivity index (χ4n) is 15.6. The number of para-hydroxylation sites is 2. The molecule has 0 spiro atoms. The Morgan fingerprint density at radius 3 is 1.62 bits per heavy atom. The number of ketones is 1. The molecule has 15 amide bonds. The minimum atomic E-state index is -1.85. The van der Waals surface area contributed by atoms with Crippen LogP contribution in [0.15, 0.2) is 85.2 Å². The zero-order chi connectivity index (χ0) is 91.6. The molecule has 3 saturated heterocycles. The molecule has 19 N–H and O–H groups in total. The number of primary amides is 1. The molecule has 682 valence electrons. The summed E-state index contributed by atoms with van der Waals surface area (Å²) in [6.45, 7) is 2.83. The smallest absolute Gasteiger partial charge is 0.248 e. The molecule has 0 unspecified atom stereocenters. The van der Waals surface area contributed by atoms with E-state index in [9.17, 15) is 78.6 Å². The molecule has 0 saturated carbocycles. The summed E-state index contributed by atoms with van der Waals surface area (Å²) in [6.07, 6.45) is 1.86. The number of rotatable bonds is 21. The van der Waals surface area contributed by atoms with E-state index in [1.54, 1.807) is 74.8 Å². The van der Waals surface area contributed by atoms with Crippen LogP contribution in [0.4, 0.5) is 0 Å². The zero-order valence-corrected chi connectivity index (χ0v) is 72.3. The molecule has 3 fully saturated rings. The van der Waals surface area contributed by atoms with Crippen molar-refractivity contribution in [3.63, 3.8) is 0 Å². The SMILES string of the molecule is CCCC[C@H]1C(=O)N(C)[C@@H](CCCC)C(=O)N[C@@H](CO)C(=O)N[C@H](C(=O)NCC(N)=O)CSCC(=O)N[C@@H](Cc2ccc(O)cc2)C(=O)N(C)[C@@H](C)C(=O)N[C@@H](CO)C(=O)N2CCC[C@H]2C(=O)N[C@@H](CO)C(=O)N[C@@H](CC(C)C)C(=O)N2C[C@H](O)C[C@H]2C(=O)C[C@@H](Cc2c[nH]c3ccccc23)C(=O)N[C@@H](CO)C(=O)N[C@@H](Cc2c[nH]c3ccccc23)C(=O)N1C. The number of carbonyl (C=O) groups excluding carboxylic acids is 16. The zero-order valence-electron chi connectivity index (χ0n) is 71.5. The number of fused-ring (bicyclic) bond motifs is 4. The highest BCUT2D eigenvalue weighted by molar-refractivity contribution is 8.00. The maximum absolute atomic E-state index is 15.6. The first-order valence-corrected chi connectivity index (χ1v) is 43.2. The normalized spacial score (nSPS) is 26.0. The van der Waals surface area contributed by atoms with Crippen LogP contribution in [0.3, 0.4) is 0 Å². The lowest BCUT2D eigenvalue weighted by Gasteiger charge is -2.36.